The molecular formula is C22H27N7O3. The number of morpholine rings is 1. The van der Waals surface area contributed by atoms with Crippen molar-refractivity contribution in [1.29, 1.82) is 0 Å². The lowest BCUT2D eigenvalue weighted by molar-refractivity contribution is 0.0929. The average Bonchev–Trinajstić information content (AvgIpc) is 2.88. The van der Waals surface area contributed by atoms with Crippen molar-refractivity contribution < 1.29 is 14.6 Å². The van der Waals surface area contributed by atoms with E-state index in [0.29, 0.717) is 18.0 Å². The van der Waals surface area contributed by atoms with Crippen molar-refractivity contribution in [3.63, 3.8) is 0 Å². The van der Waals surface area contributed by atoms with Crippen molar-refractivity contribution >= 4 is 22.4 Å². The first-order chi connectivity index (χ1) is 15.7. The summed E-state index contributed by atoms with van der Waals surface area (Å²) in [5.41, 5.74) is 2.47. The number of benzene rings is 1. The maximum Gasteiger partial charge on any atom is 0.162 e. The third kappa shape index (κ3) is 4.15. The summed E-state index contributed by atoms with van der Waals surface area (Å²) in [5.74, 6) is 1.39. The first-order valence-corrected chi connectivity index (χ1v) is 11.0. The SMILES string of the molecule is COc1cnnc(C(O)C2CCCN(c3nnnc4cc(N5CCOCC5)ccc34)C2)c1. The van der Waals surface area contributed by atoms with E-state index in [4.69, 9.17) is 9.47 Å². The van der Waals surface area contributed by atoms with Gasteiger partial charge in [-0.05, 0) is 36.3 Å². The lowest BCUT2D eigenvalue weighted by Crippen LogP contribution is -2.39. The molecule has 2 aromatic heterocycles. The molecule has 0 aliphatic carbocycles. The van der Waals surface area contributed by atoms with Crippen molar-refractivity contribution in [3.05, 3.63) is 36.2 Å². The molecule has 32 heavy (non-hydrogen) atoms. The van der Waals surface area contributed by atoms with E-state index in [9.17, 15) is 5.11 Å². The molecule has 2 atom stereocenters. The van der Waals surface area contributed by atoms with Gasteiger partial charge in [0.25, 0.3) is 0 Å². The highest BCUT2D eigenvalue weighted by atomic mass is 16.5. The molecule has 5 rings (SSSR count). The number of nitrogens with zero attached hydrogens (tertiary/aromatic N) is 7. The summed E-state index contributed by atoms with van der Waals surface area (Å²) < 4.78 is 10.7. The zero-order valence-electron chi connectivity index (χ0n) is 18.1. The molecule has 0 radical (unpaired) electrons. The standard InChI is InChI=1S/C22H27N7O3/c1-31-17-12-20(24-23-13-17)21(30)15-3-2-6-29(14-15)22-18-5-4-16(11-19(18)25-27-26-22)28-7-9-32-10-8-28/h4-5,11-13,15,21,30H,2-3,6-10,14H2,1H3. The van der Waals surface area contributed by atoms with Crippen LogP contribution in [0.3, 0.4) is 0 Å². The molecule has 3 aromatic rings. The van der Waals surface area contributed by atoms with Gasteiger partial charge in [0.2, 0.25) is 0 Å². The number of hydrogen-bond donors (Lipinski definition) is 1. The predicted molar refractivity (Wildman–Crippen MR) is 119 cm³/mol. The number of fused-ring (bicyclic) bond motifs is 1. The number of anilines is 2. The predicted octanol–water partition coefficient (Wildman–Crippen LogP) is 1.61. The van der Waals surface area contributed by atoms with Crippen LogP contribution in [0.15, 0.2) is 30.5 Å². The lowest BCUT2D eigenvalue weighted by atomic mass is 9.90. The molecule has 0 spiro atoms. The second-order valence-corrected chi connectivity index (χ2v) is 8.23. The molecular weight excluding hydrogens is 410 g/mol. The molecule has 0 saturated carbocycles. The zero-order valence-corrected chi connectivity index (χ0v) is 18.1. The van der Waals surface area contributed by atoms with Crippen LogP contribution in [0.1, 0.15) is 24.6 Å². The van der Waals surface area contributed by atoms with Gasteiger partial charge < -0.3 is 24.4 Å². The third-order valence-electron chi connectivity index (χ3n) is 6.28. The smallest absolute Gasteiger partial charge is 0.162 e. The van der Waals surface area contributed by atoms with Gasteiger partial charge in [0, 0.05) is 49.2 Å². The number of hydrogen-bond acceptors (Lipinski definition) is 10. The largest absolute Gasteiger partial charge is 0.495 e. The lowest BCUT2D eigenvalue weighted by Gasteiger charge is -2.35. The topological polar surface area (TPSA) is 110 Å². The highest BCUT2D eigenvalue weighted by Gasteiger charge is 2.30. The second kappa shape index (κ2) is 9.17. The van der Waals surface area contributed by atoms with Gasteiger partial charge in [-0.3, -0.25) is 0 Å². The molecule has 2 aliphatic rings. The molecule has 1 N–H and O–H groups in total. The Labute approximate surface area is 186 Å². The summed E-state index contributed by atoms with van der Waals surface area (Å²) >= 11 is 0. The first-order valence-electron chi connectivity index (χ1n) is 11.0. The van der Waals surface area contributed by atoms with Gasteiger partial charge >= 0.3 is 0 Å². The Hall–Kier alpha value is -3.11. The van der Waals surface area contributed by atoms with Crippen LogP contribution >= 0.6 is 0 Å². The Morgan fingerprint density at radius 3 is 2.81 bits per heavy atom. The number of aliphatic hydroxyl groups is 1. The quantitative estimate of drug-likeness (QED) is 0.632. The number of rotatable bonds is 5. The highest BCUT2D eigenvalue weighted by Crippen LogP contribution is 2.34. The molecule has 168 valence electrons. The maximum atomic E-state index is 11.0. The molecule has 10 heteroatoms. The molecule has 2 unspecified atom stereocenters. The number of methoxy groups -OCH3 is 1. The van der Waals surface area contributed by atoms with E-state index in [-0.39, 0.29) is 5.92 Å². The van der Waals surface area contributed by atoms with Crippen LogP contribution in [0.2, 0.25) is 0 Å². The molecule has 0 bridgehead atoms. The van der Waals surface area contributed by atoms with Crippen LogP contribution < -0.4 is 14.5 Å². The second-order valence-electron chi connectivity index (χ2n) is 8.23. The van der Waals surface area contributed by atoms with Gasteiger partial charge in [-0.1, -0.05) is 0 Å². The summed E-state index contributed by atoms with van der Waals surface area (Å²) in [6.45, 7) is 4.72. The fraction of sp³-hybridized carbons (Fsp3) is 0.500. The van der Waals surface area contributed by atoms with E-state index in [1.54, 1.807) is 13.2 Å². The Bertz CT molecular complexity index is 1080. The van der Waals surface area contributed by atoms with E-state index in [1.165, 1.54) is 6.20 Å². The summed E-state index contributed by atoms with van der Waals surface area (Å²) in [5, 5.41) is 32.7. The minimum absolute atomic E-state index is 0.00259. The molecule has 10 nitrogen and oxygen atoms in total. The van der Waals surface area contributed by atoms with Crippen LogP contribution in [-0.4, -0.2) is 77.2 Å². The minimum Gasteiger partial charge on any atom is -0.495 e. The fourth-order valence-corrected chi connectivity index (χ4v) is 4.53. The van der Waals surface area contributed by atoms with Gasteiger partial charge in [0.05, 0.1) is 32.2 Å². The first kappa shape index (κ1) is 20.8. The van der Waals surface area contributed by atoms with Crippen LogP contribution in [0, 0.1) is 5.92 Å². The van der Waals surface area contributed by atoms with E-state index < -0.39 is 6.10 Å². The Morgan fingerprint density at radius 1 is 1.09 bits per heavy atom. The number of ether oxygens (including phenoxy) is 2. The fourth-order valence-electron chi connectivity index (χ4n) is 4.53. The summed E-state index contributed by atoms with van der Waals surface area (Å²) in [6, 6.07) is 8.00. The van der Waals surface area contributed by atoms with Crippen molar-refractivity contribution in [3.8, 4) is 5.75 Å². The van der Waals surface area contributed by atoms with Gasteiger partial charge in [-0.15, -0.1) is 10.2 Å². The molecule has 1 aromatic carbocycles. The highest BCUT2D eigenvalue weighted by molar-refractivity contribution is 5.91. The Morgan fingerprint density at radius 2 is 1.97 bits per heavy atom. The van der Waals surface area contributed by atoms with Gasteiger partial charge in [-0.2, -0.15) is 10.2 Å². The summed E-state index contributed by atoms with van der Waals surface area (Å²) in [7, 11) is 1.58. The normalized spacial score (nSPS) is 20.4. The van der Waals surface area contributed by atoms with Crippen LogP contribution in [0.4, 0.5) is 11.5 Å². The van der Waals surface area contributed by atoms with Crippen LogP contribution in [-0.2, 0) is 4.74 Å². The van der Waals surface area contributed by atoms with Crippen molar-refractivity contribution in [1.82, 2.24) is 25.6 Å². The summed E-state index contributed by atoms with van der Waals surface area (Å²) in [6.07, 6.45) is 2.65. The third-order valence-corrected chi connectivity index (χ3v) is 6.28. The Kier molecular flexibility index (Phi) is 5.95. The molecule has 4 heterocycles. The zero-order chi connectivity index (χ0) is 21.9. The molecule has 2 fully saturated rings. The van der Waals surface area contributed by atoms with Crippen molar-refractivity contribution in [2.24, 2.45) is 5.92 Å². The van der Waals surface area contributed by atoms with E-state index in [2.05, 4.69) is 53.6 Å². The summed E-state index contributed by atoms with van der Waals surface area (Å²) in [4.78, 5) is 4.49. The van der Waals surface area contributed by atoms with Gasteiger partial charge in [0.15, 0.2) is 5.82 Å². The monoisotopic (exact) mass is 437 g/mol. The van der Waals surface area contributed by atoms with Gasteiger partial charge in [-0.25, -0.2) is 0 Å². The van der Waals surface area contributed by atoms with E-state index in [0.717, 1.165) is 68.1 Å². The number of aliphatic hydroxyl groups excluding tert-OH is 1. The Balaban J connectivity index is 1.38. The van der Waals surface area contributed by atoms with E-state index in [1.807, 2.05) is 0 Å². The molecule has 0 amide bonds. The maximum absolute atomic E-state index is 11.0. The van der Waals surface area contributed by atoms with E-state index >= 15 is 0 Å². The molecule has 2 saturated heterocycles. The van der Waals surface area contributed by atoms with Crippen LogP contribution in [0.25, 0.3) is 10.9 Å². The van der Waals surface area contributed by atoms with Crippen LogP contribution in [0.5, 0.6) is 5.75 Å². The average molecular weight is 438 g/mol. The number of piperidine rings is 1. The van der Waals surface area contributed by atoms with Crippen molar-refractivity contribution in [2.45, 2.75) is 18.9 Å². The van der Waals surface area contributed by atoms with Crippen molar-refractivity contribution in [2.75, 3.05) is 56.3 Å². The number of aromatic nitrogens is 5. The minimum atomic E-state index is -0.727. The molecule has 2 aliphatic heterocycles. The van der Waals surface area contributed by atoms with Gasteiger partial charge in [0.1, 0.15) is 17.4 Å².